The van der Waals surface area contributed by atoms with Gasteiger partial charge in [0.15, 0.2) is 0 Å². The van der Waals surface area contributed by atoms with Gasteiger partial charge in [-0.15, -0.1) is 0 Å². The highest BCUT2D eigenvalue weighted by molar-refractivity contribution is 8.23. The molecule has 2 aromatic rings. The van der Waals surface area contributed by atoms with Crippen LogP contribution >= 0.6 is 24.0 Å². The first-order chi connectivity index (χ1) is 11.1. The third-order valence-electron chi connectivity index (χ3n) is 4.06. The molecule has 1 aliphatic rings. The Bertz CT molecular complexity index is 721. The molecule has 3 nitrogen and oxygen atoms in total. The Hall–Kier alpha value is -1.59. The normalized spacial score (nSPS) is 15.6. The lowest BCUT2D eigenvalue weighted by atomic mass is 10.1. The monoisotopic (exact) mass is 344 g/mol. The van der Waals surface area contributed by atoms with Gasteiger partial charge < -0.3 is 10.2 Å². The van der Waals surface area contributed by atoms with Crippen molar-refractivity contribution < 1.29 is 4.79 Å². The van der Waals surface area contributed by atoms with Gasteiger partial charge in [-0.1, -0.05) is 60.4 Å². The highest BCUT2D eigenvalue weighted by atomic mass is 32.2. The van der Waals surface area contributed by atoms with Crippen LogP contribution in [0.2, 0.25) is 0 Å². The number of nitrogens with zero attached hydrogens (tertiary/aromatic N) is 1. The summed E-state index contributed by atoms with van der Waals surface area (Å²) in [7, 11) is 0. The molecule has 0 unspecified atom stereocenters. The van der Waals surface area contributed by atoms with Crippen molar-refractivity contribution in [2.45, 2.75) is 25.0 Å². The smallest absolute Gasteiger partial charge is 0.237 e. The fourth-order valence-corrected chi connectivity index (χ4v) is 4.16. The number of anilines is 1. The number of carbonyl (C=O) groups is 1. The highest BCUT2D eigenvalue weighted by Gasteiger charge is 2.21. The van der Waals surface area contributed by atoms with E-state index in [0.29, 0.717) is 0 Å². The lowest BCUT2D eigenvalue weighted by Crippen LogP contribution is -2.29. The van der Waals surface area contributed by atoms with Gasteiger partial charge in [0.05, 0.1) is 5.25 Å². The molecule has 0 bridgehead atoms. The minimum atomic E-state index is -0.206. The molecule has 120 valence electrons. The molecule has 1 N–H and O–H groups in total. The number of likely N-dealkylation sites (tertiary alicyclic amines) is 1. The molecule has 23 heavy (non-hydrogen) atoms. The molecule has 3 rings (SSSR count). The predicted molar refractivity (Wildman–Crippen MR) is 103 cm³/mol. The first-order valence-electron chi connectivity index (χ1n) is 7.89. The Kier molecular flexibility index (Phi) is 5.18. The topological polar surface area (TPSA) is 32.3 Å². The number of thioether (sulfide) groups is 1. The van der Waals surface area contributed by atoms with Gasteiger partial charge in [0.25, 0.3) is 0 Å². The van der Waals surface area contributed by atoms with Gasteiger partial charge in [0.1, 0.15) is 4.32 Å². The van der Waals surface area contributed by atoms with Crippen LogP contribution in [-0.4, -0.2) is 33.5 Å². The molecule has 0 radical (unpaired) electrons. The minimum absolute atomic E-state index is 0.00657. The Morgan fingerprint density at radius 2 is 1.87 bits per heavy atom. The van der Waals surface area contributed by atoms with E-state index >= 15 is 0 Å². The lowest BCUT2D eigenvalue weighted by Gasteiger charge is -2.20. The van der Waals surface area contributed by atoms with E-state index < -0.39 is 0 Å². The summed E-state index contributed by atoms with van der Waals surface area (Å²) in [5, 5.41) is 5.02. The maximum Gasteiger partial charge on any atom is 0.237 e. The largest absolute Gasteiger partial charge is 0.358 e. The average Bonchev–Trinajstić information content (AvgIpc) is 3.09. The molecule has 1 aliphatic heterocycles. The molecule has 0 saturated carbocycles. The number of amides is 1. The zero-order valence-corrected chi connectivity index (χ0v) is 14.8. The van der Waals surface area contributed by atoms with Crippen molar-refractivity contribution in [2.24, 2.45) is 0 Å². The molecule has 1 fully saturated rings. The fourth-order valence-electron chi connectivity index (χ4n) is 2.75. The number of hydrogen-bond donors (Lipinski definition) is 1. The van der Waals surface area contributed by atoms with Gasteiger partial charge in [0.2, 0.25) is 5.91 Å². The summed E-state index contributed by atoms with van der Waals surface area (Å²) in [6.45, 7) is 3.94. The van der Waals surface area contributed by atoms with Crippen LogP contribution < -0.4 is 5.32 Å². The number of fused-ring (bicyclic) bond motifs is 1. The molecule has 5 heteroatoms. The van der Waals surface area contributed by atoms with Crippen LogP contribution in [0.4, 0.5) is 5.69 Å². The molecule has 0 spiro atoms. The number of hydrogen-bond acceptors (Lipinski definition) is 3. The summed E-state index contributed by atoms with van der Waals surface area (Å²) in [5.41, 5.74) is 0.854. The van der Waals surface area contributed by atoms with E-state index in [1.54, 1.807) is 0 Å². The number of rotatable bonds is 3. The summed E-state index contributed by atoms with van der Waals surface area (Å²) >= 11 is 6.93. The zero-order valence-electron chi connectivity index (χ0n) is 13.1. The Morgan fingerprint density at radius 3 is 2.65 bits per heavy atom. The molecular weight excluding hydrogens is 324 g/mol. The molecule has 2 aromatic carbocycles. The van der Waals surface area contributed by atoms with Crippen LogP contribution in [0.1, 0.15) is 19.8 Å². The van der Waals surface area contributed by atoms with Crippen molar-refractivity contribution in [3.05, 3.63) is 42.5 Å². The second-order valence-electron chi connectivity index (χ2n) is 5.74. The van der Waals surface area contributed by atoms with E-state index in [-0.39, 0.29) is 11.2 Å². The Labute approximate surface area is 146 Å². The van der Waals surface area contributed by atoms with Crippen LogP contribution in [0, 0.1) is 0 Å². The summed E-state index contributed by atoms with van der Waals surface area (Å²) in [6.07, 6.45) is 2.38. The van der Waals surface area contributed by atoms with Gasteiger partial charge in [0, 0.05) is 24.2 Å². The van der Waals surface area contributed by atoms with Crippen LogP contribution in [0.3, 0.4) is 0 Å². The van der Waals surface area contributed by atoms with E-state index in [1.807, 2.05) is 49.4 Å². The zero-order chi connectivity index (χ0) is 16.2. The average molecular weight is 345 g/mol. The SMILES string of the molecule is C[C@H](SC(=S)N1CCCC1)C(=O)Nc1cccc2ccccc12. The maximum atomic E-state index is 12.5. The summed E-state index contributed by atoms with van der Waals surface area (Å²) in [6, 6.07) is 14.0. The number of thiocarbonyl (C=S) groups is 1. The summed E-state index contributed by atoms with van der Waals surface area (Å²) in [4.78, 5) is 14.7. The van der Waals surface area contributed by atoms with Crippen molar-refractivity contribution in [2.75, 3.05) is 18.4 Å². The number of benzene rings is 2. The van der Waals surface area contributed by atoms with Gasteiger partial charge in [-0.25, -0.2) is 0 Å². The van der Waals surface area contributed by atoms with E-state index in [0.717, 1.165) is 33.9 Å². The lowest BCUT2D eigenvalue weighted by molar-refractivity contribution is -0.115. The van der Waals surface area contributed by atoms with Crippen molar-refractivity contribution >= 4 is 50.7 Å². The number of nitrogens with one attached hydrogen (secondary N) is 1. The Morgan fingerprint density at radius 1 is 1.17 bits per heavy atom. The predicted octanol–water partition coefficient (Wildman–Crippen LogP) is 4.28. The van der Waals surface area contributed by atoms with Gasteiger partial charge in [-0.05, 0) is 31.2 Å². The summed E-state index contributed by atoms with van der Waals surface area (Å²) in [5.74, 6) is -0.00657. The Balaban J connectivity index is 1.66. The van der Waals surface area contributed by atoms with E-state index in [4.69, 9.17) is 12.2 Å². The van der Waals surface area contributed by atoms with Gasteiger partial charge in [-0.3, -0.25) is 4.79 Å². The van der Waals surface area contributed by atoms with Crippen molar-refractivity contribution in [1.29, 1.82) is 0 Å². The molecule has 0 aromatic heterocycles. The van der Waals surface area contributed by atoms with E-state index in [1.165, 1.54) is 24.6 Å². The molecule has 1 atom stereocenters. The fraction of sp³-hybridized carbons (Fsp3) is 0.333. The second-order valence-corrected chi connectivity index (χ2v) is 7.71. The summed E-state index contributed by atoms with van der Waals surface area (Å²) < 4.78 is 0.836. The first kappa shape index (κ1) is 16.3. The quantitative estimate of drug-likeness (QED) is 0.842. The third-order valence-corrected chi connectivity index (χ3v) is 5.63. The van der Waals surface area contributed by atoms with Crippen molar-refractivity contribution in [1.82, 2.24) is 4.90 Å². The van der Waals surface area contributed by atoms with Crippen LogP contribution in [0.15, 0.2) is 42.5 Å². The van der Waals surface area contributed by atoms with Crippen LogP contribution in [0.5, 0.6) is 0 Å². The molecule has 0 aliphatic carbocycles. The standard InChI is InChI=1S/C18H20N2OS2/c1-13(23-18(22)20-11-4-5-12-20)17(21)19-16-10-6-8-14-7-2-3-9-15(14)16/h2-3,6-10,13H,4-5,11-12H2,1H3,(H,19,21)/t13-/m0/s1. The third kappa shape index (κ3) is 3.85. The number of carbonyl (C=O) groups excluding carboxylic acids is 1. The molecule has 1 heterocycles. The van der Waals surface area contributed by atoms with Crippen molar-refractivity contribution in [3.63, 3.8) is 0 Å². The maximum absolute atomic E-state index is 12.5. The van der Waals surface area contributed by atoms with E-state index in [9.17, 15) is 4.79 Å². The molecule has 1 amide bonds. The van der Waals surface area contributed by atoms with E-state index in [2.05, 4.69) is 10.2 Å². The van der Waals surface area contributed by atoms with Gasteiger partial charge >= 0.3 is 0 Å². The highest BCUT2D eigenvalue weighted by Crippen LogP contribution is 2.25. The van der Waals surface area contributed by atoms with Crippen molar-refractivity contribution in [3.8, 4) is 0 Å². The minimum Gasteiger partial charge on any atom is -0.358 e. The molecular formula is C18H20N2OS2. The molecule has 1 saturated heterocycles. The second kappa shape index (κ2) is 7.32. The van der Waals surface area contributed by atoms with Crippen LogP contribution in [0.25, 0.3) is 10.8 Å². The van der Waals surface area contributed by atoms with Crippen LogP contribution in [-0.2, 0) is 4.79 Å². The van der Waals surface area contributed by atoms with Gasteiger partial charge in [-0.2, -0.15) is 0 Å². The first-order valence-corrected chi connectivity index (χ1v) is 9.18.